The summed E-state index contributed by atoms with van der Waals surface area (Å²) in [5, 5.41) is 8.39. The number of carbonyl (C=O) groups is 1. The number of primary amides is 1. The highest BCUT2D eigenvalue weighted by molar-refractivity contribution is 5.93. The fourth-order valence-corrected chi connectivity index (χ4v) is 2.34. The van der Waals surface area contributed by atoms with Gasteiger partial charge < -0.3 is 10.7 Å². The van der Waals surface area contributed by atoms with Crippen LogP contribution in [-0.2, 0) is 11.2 Å². The van der Waals surface area contributed by atoms with E-state index in [0.29, 0.717) is 0 Å². The SMILES string of the molecule is Cc1cc(CC(N)=O)ccc1-c1n[nH]c2c[nH]cc12. The lowest BCUT2D eigenvalue weighted by atomic mass is 10.00. The zero-order valence-electron chi connectivity index (χ0n) is 10.5. The number of aromatic nitrogens is 3. The average molecular weight is 254 g/mol. The first-order valence-electron chi connectivity index (χ1n) is 6.04. The summed E-state index contributed by atoms with van der Waals surface area (Å²) in [5.41, 5.74) is 10.2. The largest absolute Gasteiger partial charge is 0.369 e. The van der Waals surface area contributed by atoms with Crippen molar-refractivity contribution in [3.63, 3.8) is 0 Å². The highest BCUT2D eigenvalue weighted by Gasteiger charge is 2.11. The van der Waals surface area contributed by atoms with Crippen LogP contribution in [0.3, 0.4) is 0 Å². The molecule has 1 aromatic carbocycles. The van der Waals surface area contributed by atoms with Crippen molar-refractivity contribution < 1.29 is 4.79 Å². The van der Waals surface area contributed by atoms with Crippen molar-refractivity contribution in [3.05, 3.63) is 41.7 Å². The second kappa shape index (κ2) is 4.28. The summed E-state index contributed by atoms with van der Waals surface area (Å²) >= 11 is 0. The molecule has 0 aliphatic heterocycles. The summed E-state index contributed by atoms with van der Waals surface area (Å²) in [6.07, 6.45) is 4.06. The number of fused-ring (bicyclic) bond motifs is 1. The number of rotatable bonds is 3. The molecule has 0 radical (unpaired) electrons. The molecule has 0 spiro atoms. The Balaban J connectivity index is 2.06. The molecule has 3 aromatic rings. The molecule has 0 saturated heterocycles. The van der Waals surface area contributed by atoms with Crippen LogP contribution in [0, 0.1) is 6.92 Å². The molecule has 0 fully saturated rings. The summed E-state index contributed by atoms with van der Waals surface area (Å²) in [5.74, 6) is -0.319. The van der Waals surface area contributed by atoms with E-state index in [1.807, 2.05) is 37.5 Å². The van der Waals surface area contributed by atoms with Crippen LogP contribution in [0.15, 0.2) is 30.6 Å². The first-order valence-corrected chi connectivity index (χ1v) is 6.04. The van der Waals surface area contributed by atoms with Gasteiger partial charge in [-0.1, -0.05) is 18.2 Å². The van der Waals surface area contributed by atoms with E-state index >= 15 is 0 Å². The van der Waals surface area contributed by atoms with E-state index in [0.717, 1.165) is 33.3 Å². The number of amides is 1. The first-order chi connectivity index (χ1) is 9.15. The van der Waals surface area contributed by atoms with Crippen LogP contribution < -0.4 is 5.73 Å². The Kier molecular flexibility index (Phi) is 2.59. The molecular weight excluding hydrogens is 240 g/mol. The molecule has 96 valence electrons. The number of hydrogen-bond donors (Lipinski definition) is 3. The van der Waals surface area contributed by atoms with Gasteiger partial charge in [0.1, 0.15) is 5.69 Å². The summed E-state index contributed by atoms with van der Waals surface area (Å²) in [6, 6.07) is 5.88. The molecule has 19 heavy (non-hydrogen) atoms. The molecule has 0 atom stereocenters. The molecular formula is C14H14N4O. The van der Waals surface area contributed by atoms with Gasteiger partial charge in [-0.3, -0.25) is 9.89 Å². The summed E-state index contributed by atoms with van der Waals surface area (Å²) in [6.45, 7) is 2.01. The van der Waals surface area contributed by atoms with Gasteiger partial charge in [0.15, 0.2) is 0 Å². The number of H-pyrrole nitrogens is 2. The minimum atomic E-state index is -0.319. The van der Waals surface area contributed by atoms with Crippen molar-refractivity contribution in [1.29, 1.82) is 0 Å². The fraction of sp³-hybridized carbons (Fsp3) is 0.143. The third-order valence-electron chi connectivity index (χ3n) is 3.21. The van der Waals surface area contributed by atoms with Crippen molar-refractivity contribution in [3.8, 4) is 11.3 Å². The minimum absolute atomic E-state index is 0.265. The number of carbonyl (C=O) groups excluding carboxylic acids is 1. The van der Waals surface area contributed by atoms with Crippen LogP contribution in [0.1, 0.15) is 11.1 Å². The maximum Gasteiger partial charge on any atom is 0.221 e. The number of nitrogens with two attached hydrogens (primary N) is 1. The maximum atomic E-state index is 10.9. The monoisotopic (exact) mass is 254 g/mol. The van der Waals surface area contributed by atoms with Crippen LogP contribution in [0.4, 0.5) is 0 Å². The Bertz CT molecular complexity index is 754. The van der Waals surface area contributed by atoms with E-state index in [2.05, 4.69) is 15.2 Å². The summed E-state index contributed by atoms with van der Waals surface area (Å²) < 4.78 is 0. The Hall–Kier alpha value is -2.56. The number of nitrogens with zero attached hydrogens (tertiary/aromatic N) is 1. The average Bonchev–Trinajstić information content (AvgIpc) is 2.91. The Morgan fingerprint density at radius 3 is 2.95 bits per heavy atom. The van der Waals surface area contributed by atoms with Gasteiger partial charge in [0.05, 0.1) is 11.9 Å². The van der Waals surface area contributed by atoms with Gasteiger partial charge in [0.25, 0.3) is 0 Å². The summed E-state index contributed by atoms with van der Waals surface area (Å²) in [7, 11) is 0. The number of benzene rings is 1. The minimum Gasteiger partial charge on any atom is -0.369 e. The number of nitrogens with one attached hydrogen (secondary N) is 2. The number of aryl methyl sites for hydroxylation is 1. The highest BCUT2D eigenvalue weighted by Crippen LogP contribution is 2.29. The zero-order valence-corrected chi connectivity index (χ0v) is 10.5. The van der Waals surface area contributed by atoms with Gasteiger partial charge in [-0.25, -0.2) is 0 Å². The lowest BCUT2D eigenvalue weighted by Gasteiger charge is -2.05. The molecule has 0 aliphatic rings. The Morgan fingerprint density at radius 2 is 2.21 bits per heavy atom. The number of hydrogen-bond acceptors (Lipinski definition) is 2. The topological polar surface area (TPSA) is 87.6 Å². The van der Waals surface area contributed by atoms with Crippen LogP contribution in [0.2, 0.25) is 0 Å². The molecule has 0 bridgehead atoms. The van der Waals surface area contributed by atoms with Gasteiger partial charge in [0, 0.05) is 23.3 Å². The Morgan fingerprint density at radius 1 is 1.37 bits per heavy atom. The molecule has 0 saturated carbocycles. The third-order valence-corrected chi connectivity index (χ3v) is 3.21. The maximum absolute atomic E-state index is 10.9. The van der Waals surface area contributed by atoms with E-state index in [4.69, 9.17) is 5.73 Å². The van der Waals surface area contributed by atoms with Gasteiger partial charge >= 0.3 is 0 Å². The van der Waals surface area contributed by atoms with Crippen molar-refractivity contribution in [2.24, 2.45) is 5.73 Å². The standard InChI is InChI=1S/C14H14N4O/c1-8-4-9(5-13(15)19)2-3-10(8)14-11-6-16-7-12(11)17-18-14/h2-4,6-7,16-17H,5H2,1H3,(H2,15,19). The predicted octanol–water partition coefficient (Wildman–Crippen LogP) is 1.89. The van der Waals surface area contributed by atoms with E-state index in [1.165, 1.54) is 0 Å². The predicted molar refractivity (Wildman–Crippen MR) is 73.5 cm³/mol. The van der Waals surface area contributed by atoms with Crippen molar-refractivity contribution in [2.75, 3.05) is 0 Å². The van der Waals surface area contributed by atoms with Crippen LogP contribution in [0.5, 0.6) is 0 Å². The molecule has 4 N–H and O–H groups in total. The second-order valence-corrected chi connectivity index (χ2v) is 4.65. The molecule has 1 amide bonds. The molecule has 0 aliphatic carbocycles. The summed E-state index contributed by atoms with van der Waals surface area (Å²) in [4.78, 5) is 14.0. The number of aromatic amines is 2. The zero-order chi connectivity index (χ0) is 13.4. The molecule has 5 nitrogen and oxygen atoms in total. The van der Waals surface area contributed by atoms with E-state index in [-0.39, 0.29) is 12.3 Å². The van der Waals surface area contributed by atoms with E-state index in [1.54, 1.807) is 0 Å². The fourth-order valence-electron chi connectivity index (χ4n) is 2.34. The lowest BCUT2D eigenvalue weighted by molar-refractivity contribution is -0.117. The quantitative estimate of drug-likeness (QED) is 0.666. The Labute approximate surface area is 109 Å². The third kappa shape index (κ3) is 1.99. The molecule has 5 heteroatoms. The molecule has 0 unspecified atom stereocenters. The van der Waals surface area contributed by atoms with Gasteiger partial charge in [-0.15, -0.1) is 0 Å². The highest BCUT2D eigenvalue weighted by atomic mass is 16.1. The smallest absolute Gasteiger partial charge is 0.221 e. The molecule has 3 rings (SSSR count). The lowest BCUT2D eigenvalue weighted by Crippen LogP contribution is -2.13. The first kappa shape index (κ1) is 11.5. The van der Waals surface area contributed by atoms with Crippen LogP contribution in [0.25, 0.3) is 22.2 Å². The van der Waals surface area contributed by atoms with Crippen LogP contribution >= 0.6 is 0 Å². The van der Waals surface area contributed by atoms with Gasteiger partial charge in [0.2, 0.25) is 5.91 Å². The van der Waals surface area contributed by atoms with Gasteiger partial charge in [-0.05, 0) is 18.1 Å². The molecule has 2 aromatic heterocycles. The van der Waals surface area contributed by atoms with Gasteiger partial charge in [-0.2, -0.15) is 5.10 Å². The van der Waals surface area contributed by atoms with Crippen LogP contribution in [-0.4, -0.2) is 21.1 Å². The van der Waals surface area contributed by atoms with Crippen molar-refractivity contribution >= 4 is 16.8 Å². The van der Waals surface area contributed by atoms with Crippen molar-refractivity contribution in [2.45, 2.75) is 13.3 Å². The van der Waals surface area contributed by atoms with Crippen molar-refractivity contribution in [1.82, 2.24) is 15.2 Å². The normalized spacial score (nSPS) is 11.0. The van der Waals surface area contributed by atoms with E-state index < -0.39 is 0 Å². The van der Waals surface area contributed by atoms with E-state index in [9.17, 15) is 4.79 Å². The second-order valence-electron chi connectivity index (χ2n) is 4.65. The molecule has 2 heterocycles.